The lowest BCUT2D eigenvalue weighted by atomic mass is 10.1. The molecule has 0 atom stereocenters. The SMILES string of the molecule is CCOc1ccc(Cl)cc1NCc1ccc(C#N)cc1. The number of nitrogens with zero attached hydrogens (tertiary/aromatic N) is 1. The van der Waals surface area contributed by atoms with Gasteiger partial charge in [0.25, 0.3) is 0 Å². The summed E-state index contributed by atoms with van der Waals surface area (Å²) >= 11 is 6.01. The molecule has 0 aliphatic rings. The number of benzene rings is 2. The van der Waals surface area contributed by atoms with Crippen LogP contribution in [-0.4, -0.2) is 6.61 Å². The zero-order chi connectivity index (χ0) is 14.4. The van der Waals surface area contributed by atoms with Gasteiger partial charge in [0.05, 0.1) is 23.9 Å². The summed E-state index contributed by atoms with van der Waals surface area (Å²) < 4.78 is 5.55. The van der Waals surface area contributed by atoms with Crippen LogP contribution in [0, 0.1) is 11.3 Å². The van der Waals surface area contributed by atoms with Crippen molar-refractivity contribution in [2.24, 2.45) is 0 Å². The molecular formula is C16H15ClN2O. The number of ether oxygens (including phenoxy) is 1. The van der Waals surface area contributed by atoms with Gasteiger partial charge >= 0.3 is 0 Å². The largest absolute Gasteiger partial charge is 0.492 e. The quantitative estimate of drug-likeness (QED) is 0.895. The molecule has 0 radical (unpaired) electrons. The van der Waals surface area contributed by atoms with E-state index in [2.05, 4.69) is 11.4 Å². The Bertz CT molecular complexity index is 617. The van der Waals surface area contributed by atoms with E-state index in [9.17, 15) is 0 Å². The minimum atomic E-state index is 0.604. The van der Waals surface area contributed by atoms with E-state index in [1.54, 1.807) is 18.2 Å². The summed E-state index contributed by atoms with van der Waals surface area (Å²) in [4.78, 5) is 0. The average molecular weight is 287 g/mol. The van der Waals surface area contributed by atoms with Gasteiger partial charge in [0.15, 0.2) is 0 Å². The number of nitriles is 1. The van der Waals surface area contributed by atoms with E-state index in [1.165, 1.54) is 0 Å². The number of rotatable bonds is 5. The first-order valence-electron chi connectivity index (χ1n) is 6.38. The molecule has 20 heavy (non-hydrogen) atoms. The summed E-state index contributed by atoms with van der Waals surface area (Å²) in [5.74, 6) is 0.783. The van der Waals surface area contributed by atoms with Gasteiger partial charge in [-0.15, -0.1) is 0 Å². The maximum absolute atomic E-state index is 8.77. The number of hydrogen-bond acceptors (Lipinski definition) is 3. The predicted molar refractivity (Wildman–Crippen MR) is 81.1 cm³/mol. The Morgan fingerprint density at radius 3 is 2.60 bits per heavy atom. The van der Waals surface area contributed by atoms with Crippen molar-refractivity contribution in [3.8, 4) is 11.8 Å². The number of anilines is 1. The van der Waals surface area contributed by atoms with Crippen molar-refractivity contribution in [2.75, 3.05) is 11.9 Å². The summed E-state index contributed by atoms with van der Waals surface area (Å²) in [6.45, 7) is 3.19. The van der Waals surface area contributed by atoms with Crippen molar-refractivity contribution in [1.29, 1.82) is 5.26 Å². The van der Waals surface area contributed by atoms with Gasteiger partial charge in [-0.25, -0.2) is 0 Å². The first-order valence-corrected chi connectivity index (χ1v) is 6.76. The van der Waals surface area contributed by atoms with Gasteiger partial charge in [-0.05, 0) is 42.8 Å². The number of hydrogen-bond donors (Lipinski definition) is 1. The first-order chi connectivity index (χ1) is 9.72. The third kappa shape index (κ3) is 3.66. The summed E-state index contributed by atoms with van der Waals surface area (Å²) in [6.07, 6.45) is 0. The molecule has 0 heterocycles. The van der Waals surface area contributed by atoms with E-state index in [4.69, 9.17) is 21.6 Å². The van der Waals surface area contributed by atoms with Crippen LogP contribution in [0.15, 0.2) is 42.5 Å². The molecule has 0 saturated carbocycles. The molecule has 0 aliphatic heterocycles. The molecule has 0 spiro atoms. The van der Waals surface area contributed by atoms with Gasteiger partial charge in [-0.3, -0.25) is 0 Å². The predicted octanol–water partition coefficient (Wildman–Crippen LogP) is 4.22. The molecule has 0 bridgehead atoms. The zero-order valence-corrected chi connectivity index (χ0v) is 11.9. The van der Waals surface area contributed by atoms with Crippen molar-refractivity contribution < 1.29 is 4.74 Å². The Hall–Kier alpha value is -2.18. The lowest BCUT2D eigenvalue weighted by Crippen LogP contribution is -2.02. The molecule has 0 aliphatic carbocycles. The lowest BCUT2D eigenvalue weighted by molar-refractivity contribution is 0.341. The van der Waals surface area contributed by atoms with Crippen LogP contribution >= 0.6 is 11.6 Å². The second kappa shape index (κ2) is 6.83. The van der Waals surface area contributed by atoms with E-state index < -0.39 is 0 Å². The van der Waals surface area contributed by atoms with Crippen molar-refractivity contribution in [2.45, 2.75) is 13.5 Å². The van der Waals surface area contributed by atoms with Crippen LogP contribution in [0.4, 0.5) is 5.69 Å². The second-order valence-electron chi connectivity index (χ2n) is 4.24. The fraction of sp³-hybridized carbons (Fsp3) is 0.188. The minimum Gasteiger partial charge on any atom is -0.492 e. The van der Waals surface area contributed by atoms with Crippen LogP contribution in [0.5, 0.6) is 5.75 Å². The Morgan fingerprint density at radius 1 is 1.20 bits per heavy atom. The normalized spacial score (nSPS) is 9.85. The van der Waals surface area contributed by atoms with Crippen LogP contribution in [0.25, 0.3) is 0 Å². The second-order valence-corrected chi connectivity index (χ2v) is 4.67. The van der Waals surface area contributed by atoms with E-state index in [0.717, 1.165) is 17.0 Å². The molecule has 2 rings (SSSR count). The third-order valence-corrected chi connectivity index (χ3v) is 3.04. The van der Waals surface area contributed by atoms with Crippen molar-refractivity contribution >= 4 is 17.3 Å². The molecule has 3 nitrogen and oxygen atoms in total. The molecule has 0 saturated heterocycles. The van der Waals surface area contributed by atoms with Crippen LogP contribution in [-0.2, 0) is 6.54 Å². The van der Waals surface area contributed by atoms with Gasteiger partial charge in [0.1, 0.15) is 5.75 Å². The third-order valence-electron chi connectivity index (χ3n) is 2.81. The number of halogens is 1. The number of nitrogens with one attached hydrogen (secondary N) is 1. The molecule has 2 aromatic rings. The van der Waals surface area contributed by atoms with Gasteiger partial charge in [0, 0.05) is 11.6 Å². The van der Waals surface area contributed by atoms with Crippen LogP contribution < -0.4 is 10.1 Å². The summed E-state index contributed by atoms with van der Waals surface area (Å²) in [6, 6.07) is 15.1. The van der Waals surface area contributed by atoms with E-state index in [0.29, 0.717) is 23.7 Å². The summed E-state index contributed by atoms with van der Waals surface area (Å²) in [5, 5.41) is 12.7. The first kappa shape index (κ1) is 14.2. The Kier molecular flexibility index (Phi) is 4.86. The fourth-order valence-electron chi connectivity index (χ4n) is 1.82. The van der Waals surface area contributed by atoms with E-state index in [-0.39, 0.29) is 0 Å². The minimum absolute atomic E-state index is 0.604. The highest BCUT2D eigenvalue weighted by Gasteiger charge is 2.04. The van der Waals surface area contributed by atoms with Crippen LogP contribution in [0.2, 0.25) is 5.02 Å². The van der Waals surface area contributed by atoms with Crippen molar-refractivity contribution in [3.63, 3.8) is 0 Å². The summed E-state index contributed by atoms with van der Waals surface area (Å²) in [5.41, 5.74) is 2.61. The smallest absolute Gasteiger partial charge is 0.142 e. The monoisotopic (exact) mass is 286 g/mol. The van der Waals surface area contributed by atoms with Gasteiger partial charge in [0.2, 0.25) is 0 Å². The molecule has 102 valence electrons. The van der Waals surface area contributed by atoms with Gasteiger partial charge < -0.3 is 10.1 Å². The van der Waals surface area contributed by atoms with Crippen molar-refractivity contribution in [1.82, 2.24) is 0 Å². The topological polar surface area (TPSA) is 45.0 Å². The Morgan fingerprint density at radius 2 is 1.95 bits per heavy atom. The lowest BCUT2D eigenvalue weighted by Gasteiger charge is -2.13. The molecular weight excluding hydrogens is 272 g/mol. The highest BCUT2D eigenvalue weighted by molar-refractivity contribution is 6.30. The van der Waals surface area contributed by atoms with Gasteiger partial charge in [-0.1, -0.05) is 23.7 Å². The van der Waals surface area contributed by atoms with Crippen LogP contribution in [0.1, 0.15) is 18.1 Å². The van der Waals surface area contributed by atoms with E-state index >= 15 is 0 Å². The standard InChI is InChI=1S/C16H15ClN2O/c1-2-20-16-8-7-14(17)9-15(16)19-11-13-5-3-12(10-18)4-6-13/h3-9,19H,2,11H2,1H3. The molecule has 0 unspecified atom stereocenters. The molecule has 2 aromatic carbocycles. The average Bonchev–Trinajstić information content (AvgIpc) is 2.48. The fourth-order valence-corrected chi connectivity index (χ4v) is 1.99. The maximum atomic E-state index is 8.77. The van der Waals surface area contributed by atoms with Crippen LogP contribution in [0.3, 0.4) is 0 Å². The van der Waals surface area contributed by atoms with Crippen molar-refractivity contribution in [3.05, 3.63) is 58.6 Å². The van der Waals surface area contributed by atoms with Gasteiger partial charge in [-0.2, -0.15) is 5.26 Å². The van der Waals surface area contributed by atoms with E-state index in [1.807, 2.05) is 31.2 Å². The Labute approximate surface area is 123 Å². The zero-order valence-electron chi connectivity index (χ0n) is 11.2. The highest BCUT2D eigenvalue weighted by Crippen LogP contribution is 2.28. The molecule has 1 N–H and O–H groups in total. The summed E-state index contributed by atoms with van der Waals surface area (Å²) in [7, 11) is 0. The Balaban J connectivity index is 2.09. The highest BCUT2D eigenvalue weighted by atomic mass is 35.5. The molecule has 0 fully saturated rings. The molecule has 0 amide bonds. The molecule has 0 aromatic heterocycles. The maximum Gasteiger partial charge on any atom is 0.142 e. The molecule has 4 heteroatoms.